The van der Waals surface area contributed by atoms with Gasteiger partial charge < -0.3 is 14.6 Å². The highest BCUT2D eigenvalue weighted by Crippen LogP contribution is 2.28. The third kappa shape index (κ3) is 3.00. The third-order valence-corrected chi connectivity index (χ3v) is 3.55. The molecule has 0 aliphatic carbocycles. The van der Waals surface area contributed by atoms with Crippen LogP contribution in [0.25, 0.3) is 11.1 Å². The summed E-state index contributed by atoms with van der Waals surface area (Å²) >= 11 is 0. The monoisotopic (exact) mass is 313 g/mol. The first-order valence-electron chi connectivity index (χ1n) is 6.91. The van der Waals surface area contributed by atoms with Gasteiger partial charge in [0.25, 0.3) is 6.01 Å². The van der Waals surface area contributed by atoms with E-state index in [4.69, 9.17) is 4.42 Å². The van der Waals surface area contributed by atoms with Gasteiger partial charge in [0.2, 0.25) is 5.91 Å². The van der Waals surface area contributed by atoms with Gasteiger partial charge in [-0.25, -0.2) is 0 Å². The van der Waals surface area contributed by atoms with E-state index in [0.717, 1.165) is 0 Å². The number of alkyl halides is 3. The van der Waals surface area contributed by atoms with Crippen LogP contribution < -0.4 is 10.2 Å². The van der Waals surface area contributed by atoms with Gasteiger partial charge in [-0.3, -0.25) is 4.79 Å². The number of nitrogens with zero attached hydrogens (tertiary/aromatic N) is 2. The molecule has 1 atom stereocenters. The number of oxazole rings is 1. The molecule has 0 saturated carbocycles. The number of hydrogen-bond acceptors (Lipinski definition) is 4. The zero-order valence-corrected chi connectivity index (χ0v) is 11.6. The van der Waals surface area contributed by atoms with Gasteiger partial charge in [0, 0.05) is 6.54 Å². The molecule has 3 rings (SSSR count). The maximum absolute atomic E-state index is 12.2. The normalized spacial score (nSPS) is 18.9. The highest BCUT2D eigenvalue weighted by molar-refractivity contribution is 5.85. The standard InChI is InChI=1S/C14H14F3N3O2/c15-14(16,17)8-18-12(21)10-5-3-7-20(10)13-19-9-4-1-2-6-11(9)22-13/h1-2,4,6,10H,3,5,7-8H2,(H,18,21). The van der Waals surface area contributed by atoms with Crippen molar-refractivity contribution < 1.29 is 22.4 Å². The lowest BCUT2D eigenvalue weighted by atomic mass is 10.2. The van der Waals surface area contributed by atoms with Crippen molar-refractivity contribution in [3.05, 3.63) is 24.3 Å². The van der Waals surface area contributed by atoms with Crippen LogP contribution in [0.1, 0.15) is 12.8 Å². The van der Waals surface area contributed by atoms with Gasteiger partial charge in [0.15, 0.2) is 5.58 Å². The van der Waals surface area contributed by atoms with Gasteiger partial charge in [0.1, 0.15) is 18.1 Å². The van der Waals surface area contributed by atoms with E-state index in [0.29, 0.717) is 30.5 Å². The molecule has 1 fully saturated rings. The summed E-state index contributed by atoms with van der Waals surface area (Å²) in [6, 6.07) is 6.72. The summed E-state index contributed by atoms with van der Waals surface area (Å²) in [4.78, 5) is 17.9. The largest absolute Gasteiger partial charge is 0.423 e. The van der Waals surface area contributed by atoms with Crippen molar-refractivity contribution in [2.45, 2.75) is 25.1 Å². The Labute approximate surface area is 124 Å². The van der Waals surface area contributed by atoms with Crippen LogP contribution in [0.3, 0.4) is 0 Å². The predicted octanol–water partition coefficient (Wildman–Crippen LogP) is 2.48. The molecule has 22 heavy (non-hydrogen) atoms. The zero-order chi connectivity index (χ0) is 15.7. The first-order valence-corrected chi connectivity index (χ1v) is 6.91. The topological polar surface area (TPSA) is 58.4 Å². The first-order chi connectivity index (χ1) is 10.4. The van der Waals surface area contributed by atoms with Gasteiger partial charge in [-0.15, -0.1) is 0 Å². The van der Waals surface area contributed by atoms with Crippen molar-refractivity contribution in [2.75, 3.05) is 18.0 Å². The predicted molar refractivity (Wildman–Crippen MR) is 73.4 cm³/mol. The highest BCUT2D eigenvalue weighted by Gasteiger charge is 2.36. The Kier molecular flexibility index (Phi) is 3.67. The number of amides is 1. The first kappa shape index (κ1) is 14.7. The second-order valence-corrected chi connectivity index (χ2v) is 5.15. The van der Waals surface area contributed by atoms with E-state index >= 15 is 0 Å². The van der Waals surface area contributed by atoms with E-state index in [1.807, 2.05) is 11.4 Å². The molecule has 1 aromatic carbocycles. The van der Waals surface area contributed by atoms with Crippen LogP contribution in [0.15, 0.2) is 28.7 Å². The van der Waals surface area contributed by atoms with Crippen LogP contribution in [-0.2, 0) is 4.79 Å². The van der Waals surface area contributed by atoms with Gasteiger partial charge in [-0.05, 0) is 25.0 Å². The molecule has 1 aromatic heterocycles. The van der Waals surface area contributed by atoms with E-state index < -0.39 is 24.7 Å². The van der Waals surface area contributed by atoms with Gasteiger partial charge >= 0.3 is 6.18 Å². The quantitative estimate of drug-likeness (QED) is 0.946. The molecule has 2 heterocycles. The maximum Gasteiger partial charge on any atom is 0.405 e. The molecule has 1 aliphatic rings. The molecule has 0 radical (unpaired) electrons. The minimum Gasteiger partial charge on any atom is -0.423 e. The molecule has 0 bridgehead atoms. The summed E-state index contributed by atoms with van der Waals surface area (Å²) in [6.45, 7) is -0.805. The van der Waals surface area contributed by atoms with E-state index in [-0.39, 0.29) is 6.01 Å². The number of nitrogens with one attached hydrogen (secondary N) is 1. The van der Waals surface area contributed by atoms with Crippen molar-refractivity contribution in [1.29, 1.82) is 0 Å². The number of halogens is 3. The molecule has 1 aliphatic heterocycles. The molecule has 2 aromatic rings. The Morgan fingerprint density at radius 3 is 2.91 bits per heavy atom. The molecule has 1 amide bonds. The Morgan fingerprint density at radius 1 is 1.41 bits per heavy atom. The molecule has 8 heteroatoms. The summed E-state index contributed by atoms with van der Waals surface area (Å²) in [6.07, 6.45) is -3.25. The van der Waals surface area contributed by atoms with Crippen LogP contribution in [0.5, 0.6) is 0 Å². The molecule has 0 spiro atoms. The molecule has 5 nitrogen and oxygen atoms in total. The van der Waals surface area contributed by atoms with E-state index in [2.05, 4.69) is 4.98 Å². The van der Waals surface area contributed by atoms with Crippen LogP contribution in [0, 0.1) is 0 Å². The third-order valence-electron chi connectivity index (χ3n) is 3.55. The summed E-state index contributed by atoms with van der Waals surface area (Å²) in [5.41, 5.74) is 1.23. The molecule has 1 saturated heterocycles. The number of benzene rings is 1. The average Bonchev–Trinajstić information content (AvgIpc) is 3.09. The van der Waals surface area contributed by atoms with Crippen LogP contribution >= 0.6 is 0 Å². The van der Waals surface area contributed by atoms with Crippen LogP contribution in [-0.4, -0.2) is 36.2 Å². The fourth-order valence-corrected chi connectivity index (χ4v) is 2.56. The molecule has 118 valence electrons. The Hall–Kier alpha value is -2.25. The Bertz CT molecular complexity index is 650. The zero-order valence-electron chi connectivity index (χ0n) is 11.6. The maximum atomic E-state index is 12.2. The number of carbonyl (C=O) groups excluding carboxylic acids is 1. The number of fused-ring (bicyclic) bond motifs is 1. The van der Waals surface area contributed by atoms with Crippen molar-refractivity contribution in [1.82, 2.24) is 10.3 Å². The number of aromatic nitrogens is 1. The number of para-hydroxylation sites is 2. The van der Waals surface area contributed by atoms with E-state index in [1.54, 1.807) is 23.1 Å². The second kappa shape index (κ2) is 5.51. The number of rotatable bonds is 3. The average molecular weight is 313 g/mol. The second-order valence-electron chi connectivity index (χ2n) is 5.15. The number of anilines is 1. The Morgan fingerprint density at radius 2 is 2.18 bits per heavy atom. The number of hydrogen-bond donors (Lipinski definition) is 1. The van der Waals surface area contributed by atoms with Gasteiger partial charge in [0.05, 0.1) is 0 Å². The van der Waals surface area contributed by atoms with Crippen molar-refractivity contribution in [2.24, 2.45) is 0 Å². The van der Waals surface area contributed by atoms with Crippen molar-refractivity contribution >= 4 is 23.0 Å². The van der Waals surface area contributed by atoms with Crippen LogP contribution in [0.2, 0.25) is 0 Å². The van der Waals surface area contributed by atoms with Crippen LogP contribution in [0.4, 0.5) is 19.2 Å². The Balaban J connectivity index is 1.76. The van der Waals surface area contributed by atoms with Gasteiger partial charge in [-0.1, -0.05) is 12.1 Å². The molecular weight excluding hydrogens is 299 g/mol. The fraction of sp³-hybridized carbons (Fsp3) is 0.429. The van der Waals surface area contributed by atoms with Crippen molar-refractivity contribution in [3.63, 3.8) is 0 Å². The van der Waals surface area contributed by atoms with Crippen molar-refractivity contribution in [3.8, 4) is 0 Å². The summed E-state index contributed by atoms with van der Waals surface area (Å²) in [5, 5.41) is 1.92. The van der Waals surface area contributed by atoms with Gasteiger partial charge in [-0.2, -0.15) is 18.2 Å². The van der Waals surface area contributed by atoms with E-state index in [9.17, 15) is 18.0 Å². The molecule has 1 N–H and O–H groups in total. The summed E-state index contributed by atoms with van der Waals surface area (Å²) in [5.74, 6) is -0.655. The fourth-order valence-electron chi connectivity index (χ4n) is 2.56. The minimum atomic E-state index is -4.42. The summed E-state index contributed by atoms with van der Waals surface area (Å²) < 4.78 is 42.2. The minimum absolute atomic E-state index is 0.269. The smallest absolute Gasteiger partial charge is 0.405 e. The lowest BCUT2D eigenvalue weighted by molar-refractivity contribution is -0.139. The molecular formula is C14H14F3N3O2. The SMILES string of the molecule is O=C(NCC(F)(F)F)C1CCCN1c1nc2ccccc2o1. The lowest BCUT2D eigenvalue weighted by Gasteiger charge is -2.22. The van der Waals surface area contributed by atoms with E-state index in [1.165, 1.54) is 0 Å². The summed E-state index contributed by atoms with van der Waals surface area (Å²) in [7, 11) is 0. The molecule has 1 unspecified atom stereocenters. The highest BCUT2D eigenvalue weighted by atomic mass is 19.4. The number of carbonyl (C=O) groups is 1. The lowest BCUT2D eigenvalue weighted by Crippen LogP contribution is -2.46.